The molecule has 0 unspecified atom stereocenters. The van der Waals surface area contributed by atoms with Crippen molar-refractivity contribution in [1.29, 1.82) is 0 Å². The maximum absolute atomic E-state index is 12.7. The van der Waals surface area contributed by atoms with Gasteiger partial charge in [0.25, 0.3) is 0 Å². The number of carbonyl (C=O) groups is 2. The van der Waals surface area contributed by atoms with Crippen LogP contribution in [-0.4, -0.2) is 73.3 Å². The van der Waals surface area contributed by atoms with Crippen molar-refractivity contribution in [1.82, 2.24) is 35.3 Å². The lowest BCUT2D eigenvalue weighted by Crippen LogP contribution is -2.54. The number of rotatable bonds is 7. The highest BCUT2D eigenvalue weighted by Gasteiger charge is 2.30. The van der Waals surface area contributed by atoms with E-state index in [2.05, 4.69) is 47.5 Å². The molecule has 254 valence electrons. The number of hydrogen-bond acceptors (Lipinski definition) is 11. The molecule has 4 aromatic rings. The smallest absolute Gasteiger partial charge is 0.410 e. The standard InChI is InChI=1S/C34H42ClN9O4/c1-20-18-43(32(46)47-34(6,7)8)13-14-44(20)23-10-12-27(36-17-23)40-28-16-26(37-19-38-28)22-9-11-24(25(35)15-22)21(2)39-29(45)30-41-31(42-48-30)33(3,4)5/h9-12,15-17,19-21H,13-14,18H2,1-8H3,(H,39,45)(H,36,37,38,40)/t20-,21+/m0/s1. The third-order valence-electron chi connectivity index (χ3n) is 7.68. The first-order valence-corrected chi connectivity index (χ1v) is 16.2. The summed E-state index contributed by atoms with van der Waals surface area (Å²) in [4.78, 5) is 46.9. The Balaban J connectivity index is 1.20. The number of carbonyl (C=O) groups excluding carboxylic acids is 2. The number of amides is 2. The molecule has 1 aliphatic rings. The van der Waals surface area contributed by atoms with Gasteiger partial charge in [0.1, 0.15) is 23.6 Å². The van der Waals surface area contributed by atoms with Crippen molar-refractivity contribution in [3.8, 4) is 11.3 Å². The molecule has 1 fully saturated rings. The van der Waals surface area contributed by atoms with Crippen molar-refractivity contribution in [2.75, 3.05) is 29.9 Å². The molecule has 3 aromatic heterocycles. The molecule has 48 heavy (non-hydrogen) atoms. The first-order valence-electron chi connectivity index (χ1n) is 15.8. The van der Waals surface area contributed by atoms with Gasteiger partial charge in [0.2, 0.25) is 0 Å². The van der Waals surface area contributed by atoms with Gasteiger partial charge in [-0.05, 0) is 58.4 Å². The van der Waals surface area contributed by atoms with E-state index in [0.29, 0.717) is 47.8 Å². The third-order valence-corrected chi connectivity index (χ3v) is 8.01. The molecule has 13 nitrogen and oxygen atoms in total. The second-order valence-corrected chi connectivity index (χ2v) is 14.3. The number of hydrogen-bond donors (Lipinski definition) is 2. The summed E-state index contributed by atoms with van der Waals surface area (Å²) in [6, 6.07) is 10.9. The van der Waals surface area contributed by atoms with Crippen molar-refractivity contribution in [2.45, 2.75) is 78.5 Å². The van der Waals surface area contributed by atoms with Crippen LogP contribution in [-0.2, 0) is 10.2 Å². The molecule has 2 amide bonds. The first kappa shape index (κ1) is 34.6. The van der Waals surface area contributed by atoms with Crippen LogP contribution in [0.1, 0.15) is 83.5 Å². The van der Waals surface area contributed by atoms with Gasteiger partial charge in [-0.15, -0.1) is 0 Å². The minimum absolute atomic E-state index is 0.0979. The van der Waals surface area contributed by atoms with Crippen molar-refractivity contribution in [3.63, 3.8) is 0 Å². The largest absolute Gasteiger partial charge is 0.444 e. The van der Waals surface area contributed by atoms with Crippen molar-refractivity contribution < 1.29 is 18.8 Å². The maximum atomic E-state index is 12.7. The van der Waals surface area contributed by atoms with Gasteiger partial charge >= 0.3 is 17.9 Å². The molecule has 0 aliphatic carbocycles. The van der Waals surface area contributed by atoms with Crippen molar-refractivity contribution in [2.24, 2.45) is 0 Å². The zero-order valence-electron chi connectivity index (χ0n) is 28.5. The fourth-order valence-electron chi connectivity index (χ4n) is 5.17. The average Bonchev–Trinajstić information content (AvgIpc) is 3.53. The van der Waals surface area contributed by atoms with Gasteiger partial charge < -0.3 is 29.7 Å². The molecule has 0 spiro atoms. The maximum Gasteiger partial charge on any atom is 0.410 e. The molecule has 5 rings (SSSR count). The number of ether oxygens (including phenoxy) is 1. The third kappa shape index (κ3) is 8.38. The van der Waals surface area contributed by atoms with Gasteiger partial charge in [0, 0.05) is 47.7 Å². The van der Waals surface area contributed by atoms with Crippen LogP contribution in [0.5, 0.6) is 0 Å². The van der Waals surface area contributed by atoms with Crippen LogP contribution in [0.4, 0.5) is 22.1 Å². The SMILES string of the molecule is C[C@@H](NC(=O)c1nc(C(C)(C)C)no1)c1ccc(-c2cc(Nc3ccc(N4CCN(C(=O)OC(C)(C)C)C[C@@H]4C)cn3)ncn2)cc1Cl. The highest BCUT2D eigenvalue weighted by atomic mass is 35.5. The van der Waals surface area contributed by atoms with Gasteiger partial charge in [-0.1, -0.05) is 49.7 Å². The van der Waals surface area contributed by atoms with E-state index in [1.165, 1.54) is 6.33 Å². The predicted octanol–water partition coefficient (Wildman–Crippen LogP) is 6.55. The van der Waals surface area contributed by atoms with Crippen molar-refractivity contribution >= 4 is 40.9 Å². The number of pyridine rings is 1. The van der Waals surface area contributed by atoms with Crippen LogP contribution in [0, 0.1) is 0 Å². The Labute approximate surface area is 285 Å². The van der Waals surface area contributed by atoms with Crippen molar-refractivity contribution in [3.05, 3.63) is 71.2 Å². The Morgan fingerprint density at radius 1 is 1.02 bits per heavy atom. The van der Waals surface area contributed by atoms with Crippen LogP contribution < -0.4 is 15.5 Å². The second-order valence-electron chi connectivity index (χ2n) is 13.9. The molecule has 1 aliphatic heterocycles. The molecule has 0 radical (unpaired) electrons. The number of halogens is 1. The molecule has 14 heteroatoms. The van der Waals surface area contributed by atoms with Crippen LogP contribution in [0.15, 0.2) is 53.4 Å². The molecule has 0 saturated carbocycles. The molecule has 1 saturated heterocycles. The van der Waals surface area contributed by atoms with Crippen LogP contribution in [0.2, 0.25) is 5.02 Å². The quantitative estimate of drug-likeness (QED) is 0.219. The van der Waals surface area contributed by atoms with Gasteiger partial charge in [0.05, 0.1) is 23.6 Å². The van der Waals surface area contributed by atoms with Crippen LogP contribution in [0.3, 0.4) is 0 Å². The van der Waals surface area contributed by atoms with E-state index >= 15 is 0 Å². The fraction of sp³-hybridized carbons (Fsp3) is 0.441. The van der Waals surface area contributed by atoms with E-state index in [1.54, 1.807) is 11.0 Å². The number of benzene rings is 1. The van der Waals surface area contributed by atoms with Gasteiger partial charge in [0.15, 0.2) is 5.82 Å². The van der Waals surface area contributed by atoms with E-state index in [0.717, 1.165) is 16.8 Å². The number of piperazine rings is 1. The van der Waals surface area contributed by atoms with Crippen LogP contribution >= 0.6 is 11.6 Å². The summed E-state index contributed by atoms with van der Waals surface area (Å²) in [5, 5.41) is 10.5. The number of nitrogens with zero attached hydrogens (tertiary/aromatic N) is 7. The lowest BCUT2D eigenvalue weighted by Gasteiger charge is -2.41. The van der Waals surface area contributed by atoms with E-state index in [1.807, 2.05) is 85.0 Å². The zero-order chi connectivity index (χ0) is 34.8. The predicted molar refractivity (Wildman–Crippen MR) is 183 cm³/mol. The van der Waals surface area contributed by atoms with Gasteiger partial charge in [-0.3, -0.25) is 4.79 Å². The van der Waals surface area contributed by atoms with Gasteiger partial charge in [-0.2, -0.15) is 4.98 Å². The van der Waals surface area contributed by atoms with E-state index in [9.17, 15) is 9.59 Å². The Kier molecular flexibility index (Phi) is 9.90. The summed E-state index contributed by atoms with van der Waals surface area (Å²) in [5.41, 5.74) is 2.26. The Morgan fingerprint density at radius 3 is 2.42 bits per heavy atom. The second kappa shape index (κ2) is 13.8. The minimum atomic E-state index is -0.527. The summed E-state index contributed by atoms with van der Waals surface area (Å²) in [7, 11) is 0. The molecule has 4 heterocycles. The molecule has 1 aromatic carbocycles. The van der Waals surface area contributed by atoms with Gasteiger partial charge in [-0.25, -0.2) is 19.7 Å². The highest BCUT2D eigenvalue weighted by molar-refractivity contribution is 6.31. The fourth-order valence-corrected chi connectivity index (χ4v) is 5.52. The Bertz CT molecular complexity index is 1770. The summed E-state index contributed by atoms with van der Waals surface area (Å²) in [6.45, 7) is 17.2. The Hall–Kier alpha value is -4.78. The minimum Gasteiger partial charge on any atom is -0.444 e. The molecular weight excluding hydrogens is 634 g/mol. The monoisotopic (exact) mass is 675 g/mol. The molecule has 0 bridgehead atoms. The topological polar surface area (TPSA) is 152 Å². The lowest BCUT2D eigenvalue weighted by atomic mass is 9.96. The average molecular weight is 676 g/mol. The number of nitrogens with one attached hydrogen (secondary N) is 2. The van der Waals surface area contributed by atoms with E-state index in [-0.39, 0.29) is 23.4 Å². The van der Waals surface area contributed by atoms with E-state index in [4.69, 9.17) is 20.9 Å². The normalized spacial score (nSPS) is 16.0. The summed E-state index contributed by atoms with van der Waals surface area (Å²) in [6.07, 6.45) is 2.99. The van der Waals surface area contributed by atoms with E-state index < -0.39 is 17.6 Å². The molecule has 2 N–H and O–H groups in total. The molecule has 2 atom stereocenters. The first-order chi connectivity index (χ1) is 22.6. The summed E-state index contributed by atoms with van der Waals surface area (Å²) < 4.78 is 10.7. The number of aromatic nitrogens is 5. The Morgan fingerprint density at radius 2 is 1.79 bits per heavy atom. The zero-order valence-corrected chi connectivity index (χ0v) is 29.3. The highest BCUT2D eigenvalue weighted by Crippen LogP contribution is 2.30. The van der Waals surface area contributed by atoms with Crippen LogP contribution in [0.25, 0.3) is 11.3 Å². The lowest BCUT2D eigenvalue weighted by molar-refractivity contribution is 0.0218. The number of anilines is 3. The summed E-state index contributed by atoms with van der Waals surface area (Å²) >= 11 is 6.67. The molecular formula is C34H42ClN9O4. The summed E-state index contributed by atoms with van der Waals surface area (Å²) in [5.74, 6) is 1.06.